The number of aromatic nitrogens is 3. The van der Waals surface area contributed by atoms with Gasteiger partial charge in [0.25, 0.3) is 0 Å². The lowest BCUT2D eigenvalue weighted by molar-refractivity contribution is 0.415. The minimum absolute atomic E-state index is 0.247. The standard InChI is InChI=1S/C16H15FN4O/c1-22-14-7-5-11(6-8-14)16-15(10-18)19-20-21(16)13-4-2-3-12(17)9-13/h2-9H,10,18H2,1H3. The fourth-order valence-corrected chi connectivity index (χ4v) is 2.28. The third kappa shape index (κ3) is 2.56. The third-order valence-electron chi connectivity index (χ3n) is 3.35. The molecule has 0 radical (unpaired) electrons. The number of halogens is 1. The molecule has 2 aromatic carbocycles. The number of benzene rings is 2. The summed E-state index contributed by atoms with van der Waals surface area (Å²) in [6.07, 6.45) is 0. The molecule has 1 aromatic heterocycles. The van der Waals surface area contributed by atoms with Crippen molar-refractivity contribution in [2.45, 2.75) is 6.54 Å². The smallest absolute Gasteiger partial charge is 0.125 e. The van der Waals surface area contributed by atoms with Gasteiger partial charge in [-0.15, -0.1) is 5.10 Å². The van der Waals surface area contributed by atoms with Crippen molar-refractivity contribution in [2.24, 2.45) is 5.73 Å². The van der Waals surface area contributed by atoms with Crippen LogP contribution >= 0.6 is 0 Å². The first-order chi connectivity index (χ1) is 10.7. The Morgan fingerprint density at radius 2 is 1.95 bits per heavy atom. The van der Waals surface area contributed by atoms with E-state index in [1.54, 1.807) is 23.9 Å². The molecule has 0 saturated heterocycles. The van der Waals surface area contributed by atoms with Crippen molar-refractivity contribution in [1.82, 2.24) is 15.0 Å². The molecule has 0 spiro atoms. The highest BCUT2D eigenvalue weighted by molar-refractivity contribution is 5.65. The number of nitrogens with two attached hydrogens (primary N) is 1. The highest BCUT2D eigenvalue weighted by Crippen LogP contribution is 2.27. The van der Waals surface area contributed by atoms with E-state index < -0.39 is 0 Å². The second-order valence-electron chi connectivity index (χ2n) is 4.71. The monoisotopic (exact) mass is 298 g/mol. The molecule has 3 rings (SSSR count). The summed E-state index contributed by atoms with van der Waals surface area (Å²) in [5.74, 6) is 0.422. The Balaban J connectivity index is 2.14. The molecule has 22 heavy (non-hydrogen) atoms. The lowest BCUT2D eigenvalue weighted by Crippen LogP contribution is -2.03. The summed E-state index contributed by atoms with van der Waals surface area (Å²) >= 11 is 0. The van der Waals surface area contributed by atoms with Crippen molar-refractivity contribution in [3.8, 4) is 22.7 Å². The molecule has 5 nitrogen and oxygen atoms in total. The van der Waals surface area contributed by atoms with Crippen LogP contribution in [0.3, 0.4) is 0 Å². The quantitative estimate of drug-likeness (QED) is 0.804. The van der Waals surface area contributed by atoms with Crippen molar-refractivity contribution < 1.29 is 9.13 Å². The van der Waals surface area contributed by atoms with Crippen LogP contribution < -0.4 is 10.5 Å². The number of rotatable bonds is 4. The second-order valence-corrected chi connectivity index (χ2v) is 4.71. The fraction of sp³-hybridized carbons (Fsp3) is 0.125. The molecule has 3 aromatic rings. The van der Waals surface area contributed by atoms with Crippen molar-refractivity contribution in [1.29, 1.82) is 0 Å². The predicted octanol–water partition coefficient (Wildman–Crippen LogP) is 2.54. The summed E-state index contributed by atoms with van der Waals surface area (Å²) in [5.41, 5.74) is 8.62. The maximum absolute atomic E-state index is 13.5. The van der Waals surface area contributed by atoms with Crippen LogP contribution in [-0.4, -0.2) is 22.1 Å². The first-order valence-corrected chi connectivity index (χ1v) is 6.78. The number of hydrogen-bond donors (Lipinski definition) is 1. The van der Waals surface area contributed by atoms with E-state index in [-0.39, 0.29) is 12.4 Å². The lowest BCUT2D eigenvalue weighted by Gasteiger charge is -2.09. The Bertz CT molecular complexity index is 783. The molecule has 0 atom stereocenters. The van der Waals surface area contributed by atoms with Gasteiger partial charge in [0.2, 0.25) is 0 Å². The molecule has 112 valence electrons. The Hall–Kier alpha value is -2.73. The molecule has 0 amide bonds. The Morgan fingerprint density at radius 3 is 2.59 bits per heavy atom. The van der Waals surface area contributed by atoms with Crippen LogP contribution in [-0.2, 0) is 6.54 Å². The maximum atomic E-state index is 13.5. The molecule has 0 bridgehead atoms. The van der Waals surface area contributed by atoms with Gasteiger partial charge in [0, 0.05) is 12.1 Å². The average molecular weight is 298 g/mol. The molecule has 0 fully saturated rings. The van der Waals surface area contributed by atoms with Crippen molar-refractivity contribution in [2.75, 3.05) is 7.11 Å². The van der Waals surface area contributed by atoms with E-state index in [1.807, 2.05) is 24.3 Å². The van der Waals surface area contributed by atoms with E-state index in [0.29, 0.717) is 11.4 Å². The summed E-state index contributed by atoms with van der Waals surface area (Å²) in [5, 5.41) is 8.20. The zero-order valence-corrected chi connectivity index (χ0v) is 12.0. The van der Waals surface area contributed by atoms with Crippen molar-refractivity contribution in [3.05, 3.63) is 60.0 Å². The Morgan fingerprint density at radius 1 is 1.18 bits per heavy atom. The molecule has 0 aliphatic carbocycles. The van der Waals surface area contributed by atoms with Crippen LogP contribution in [0.2, 0.25) is 0 Å². The second kappa shape index (κ2) is 5.95. The normalized spacial score (nSPS) is 10.7. The predicted molar refractivity (Wildman–Crippen MR) is 81.2 cm³/mol. The van der Waals surface area contributed by atoms with Crippen molar-refractivity contribution >= 4 is 0 Å². The third-order valence-corrected chi connectivity index (χ3v) is 3.35. The Labute approximate surface area is 127 Å². The van der Waals surface area contributed by atoms with Crippen LogP contribution in [0.4, 0.5) is 4.39 Å². The van der Waals surface area contributed by atoms with E-state index in [0.717, 1.165) is 17.0 Å². The molecule has 0 saturated carbocycles. The van der Waals surface area contributed by atoms with Crippen LogP contribution in [0.5, 0.6) is 5.75 Å². The topological polar surface area (TPSA) is 66.0 Å². The SMILES string of the molecule is COc1ccc(-c2c(CN)nnn2-c2cccc(F)c2)cc1. The summed E-state index contributed by atoms with van der Waals surface area (Å²) in [6, 6.07) is 13.7. The van der Waals surface area contributed by atoms with Gasteiger partial charge < -0.3 is 10.5 Å². The lowest BCUT2D eigenvalue weighted by atomic mass is 10.1. The first-order valence-electron chi connectivity index (χ1n) is 6.78. The van der Waals surface area contributed by atoms with Crippen LogP contribution in [0.1, 0.15) is 5.69 Å². The van der Waals surface area contributed by atoms with Gasteiger partial charge in [-0.25, -0.2) is 9.07 Å². The summed E-state index contributed by atoms with van der Waals surface area (Å²) < 4.78 is 20.2. The highest BCUT2D eigenvalue weighted by Gasteiger charge is 2.15. The van der Waals surface area contributed by atoms with Gasteiger partial charge in [0.15, 0.2) is 0 Å². The highest BCUT2D eigenvalue weighted by atomic mass is 19.1. The summed E-state index contributed by atoms with van der Waals surface area (Å²) in [6.45, 7) is 0.247. The van der Waals surface area contributed by atoms with E-state index >= 15 is 0 Å². The molecule has 6 heteroatoms. The Kier molecular flexibility index (Phi) is 3.84. The van der Waals surface area contributed by atoms with Crippen LogP contribution in [0.15, 0.2) is 48.5 Å². The van der Waals surface area contributed by atoms with Crippen LogP contribution in [0, 0.1) is 5.82 Å². The van der Waals surface area contributed by atoms with Crippen LogP contribution in [0.25, 0.3) is 16.9 Å². The molecule has 1 heterocycles. The van der Waals surface area contributed by atoms with E-state index in [1.165, 1.54) is 12.1 Å². The van der Waals surface area contributed by atoms with Gasteiger partial charge >= 0.3 is 0 Å². The average Bonchev–Trinajstić information content (AvgIpc) is 2.99. The molecule has 0 unspecified atom stereocenters. The summed E-state index contributed by atoms with van der Waals surface area (Å²) in [7, 11) is 1.61. The molecule has 2 N–H and O–H groups in total. The number of nitrogens with zero attached hydrogens (tertiary/aromatic N) is 3. The van der Waals surface area contributed by atoms with Gasteiger partial charge in [-0.3, -0.25) is 0 Å². The van der Waals surface area contributed by atoms with Gasteiger partial charge in [-0.05, 0) is 42.5 Å². The number of methoxy groups -OCH3 is 1. The first kappa shape index (κ1) is 14.2. The minimum atomic E-state index is -0.331. The fourth-order valence-electron chi connectivity index (χ4n) is 2.28. The molecule has 0 aliphatic heterocycles. The number of hydrogen-bond acceptors (Lipinski definition) is 4. The summed E-state index contributed by atoms with van der Waals surface area (Å²) in [4.78, 5) is 0. The molecule has 0 aliphatic rings. The maximum Gasteiger partial charge on any atom is 0.125 e. The largest absolute Gasteiger partial charge is 0.497 e. The van der Waals surface area contributed by atoms with E-state index in [9.17, 15) is 4.39 Å². The van der Waals surface area contributed by atoms with Crippen molar-refractivity contribution in [3.63, 3.8) is 0 Å². The zero-order chi connectivity index (χ0) is 15.5. The van der Waals surface area contributed by atoms with Gasteiger partial charge in [-0.2, -0.15) is 0 Å². The zero-order valence-electron chi connectivity index (χ0n) is 12.0. The van der Waals surface area contributed by atoms with E-state index in [2.05, 4.69) is 10.3 Å². The van der Waals surface area contributed by atoms with E-state index in [4.69, 9.17) is 10.5 Å². The van der Waals surface area contributed by atoms with Gasteiger partial charge in [0.05, 0.1) is 18.5 Å². The van der Waals surface area contributed by atoms with Gasteiger partial charge in [-0.1, -0.05) is 11.3 Å². The van der Waals surface area contributed by atoms with Gasteiger partial charge in [0.1, 0.15) is 17.3 Å². The molecular weight excluding hydrogens is 283 g/mol. The minimum Gasteiger partial charge on any atom is -0.497 e. The molecular formula is C16H15FN4O. The number of ether oxygens (including phenoxy) is 1.